The first kappa shape index (κ1) is 16.9. The molecule has 27 heavy (non-hydrogen) atoms. The molecule has 4 heteroatoms. The van der Waals surface area contributed by atoms with E-state index in [9.17, 15) is 9.59 Å². The quantitative estimate of drug-likeness (QED) is 0.767. The molecule has 4 unspecified atom stereocenters. The molecule has 0 aromatic carbocycles. The molecule has 8 aliphatic carbocycles. The standard InChI is InChI=1S/C23H33NO3/c1-27-19(26)21-6-16-3-17(7-21)11-23(10-16,13-21)22-8-14-2-15(9-22)5-20(4-14,12-22)18(24)25/h14-17H,2-13H2,1H3,(H2,24,25). The van der Waals surface area contributed by atoms with Gasteiger partial charge in [-0.15, -0.1) is 0 Å². The summed E-state index contributed by atoms with van der Waals surface area (Å²) in [4.78, 5) is 25.5. The first-order valence-corrected chi connectivity index (χ1v) is 11.2. The topological polar surface area (TPSA) is 69.4 Å². The van der Waals surface area contributed by atoms with E-state index in [1.807, 2.05) is 0 Å². The molecule has 0 heterocycles. The normalized spacial score (nSPS) is 57.1. The summed E-state index contributed by atoms with van der Waals surface area (Å²) < 4.78 is 5.34. The summed E-state index contributed by atoms with van der Waals surface area (Å²) in [5.74, 6) is 2.75. The molecule has 0 aromatic heterocycles. The van der Waals surface area contributed by atoms with Gasteiger partial charge in [0.2, 0.25) is 5.91 Å². The molecule has 4 nitrogen and oxygen atoms in total. The average molecular weight is 372 g/mol. The minimum atomic E-state index is -0.244. The number of nitrogens with two attached hydrogens (primary N) is 1. The number of primary amides is 1. The fourth-order valence-electron chi connectivity index (χ4n) is 10.5. The molecule has 4 atom stereocenters. The highest BCUT2D eigenvalue weighted by Gasteiger charge is 2.71. The number of esters is 1. The molecule has 2 N–H and O–H groups in total. The third kappa shape index (κ3) is 1.95. The Balaban J connectivity index is 1.45. The van der Waals surface area contributed by atoms with Gasteiger partial charge in [0, 0.05) is 0 Å². The van der Waals surface area contributed by atoms with Crippen molar-refractivity contribution in [3.05, 3.63) is 0 Å². The van der Waals surface area contributed by atoms with Crippen LogP contribution < -0.4 is 5.73 Å². The minimum Gasteiger partial charge on any atom is -0.469 e. The lowest BCUT2D eigenvalue weighted by Crippen LogP contribution is -2.66. The van der Waals surface area contributed by atoms with Crippen molar-refractivity contribution in [3.63, 3.8) is 0 Å². The molecule has 0 radical (unpaired) electrons. The number of rotatable bonds is 3. The summed E-state index contributed by atoms with van der Waals surface area (Å²) in [7, 11) is 1.57. The summed E-state index contributed by atoms with van der Waals surface area (Å²) in [6.45, 7) is 0. The van der Waals surface area contributed by atoms with Crippen molar-refractivity contribution in [3.8, 4) is 0 Å². The third-order valence-electron chi connectivity index (χ3n) is 10.4. The Kier molecular flexibility index (Phi) is 3.07. The number of amides is 1. The molecule has 8 saturated carbocycles. The molecule has 0 saturated heterocycles. The fourth-order valence-corrected chi connectivity index (χ4v) is 10.5. The van der Waals surface area contributed by atoms with Crippen molar-refractivity contribution < 1.29 is 14.3 Å². The van der Waals surface area contributed by atoms with E-state index in [4.69, 9.17) is 10.5 Å². The number of carbonyl (C=O) groups is 2. The summed E-state index contributed by atoms with van der Waals surface area (Å²) in [5.41, 5.74) is 6.05. The van der Waals surface area contributed by atoms with Gasteiger partial charge in [0.05, 0.1) is 17.9 Å². The maximum absolute atomic E-state index is 12.9. The van der Waals surface area contributed by atoms with Crippen LogP contribution in [0.2, 0.25) is 0 Å². The molecule has 1 amide bonds. The van der Waals surface area contributed by atoms with Crippen LogP contribution >= 0.6 is 0 Å². The second-order valence-electron chi connectivity index (χ2n) is 11.9. The van der Waals surface area contributed by atoms with Crippen LogP contribution in [0.1, 0.15) is 77.0 Å². The summed E-state index contributed by atoms with van der Waals surface area (Å²) in [5, 5.41) is 0. The van der Waals surface area contributed by atoms with Crippen LogP contribution in [-0.2, 0) is 14.3 Å². The van der Waals surface area contributed by atoms with E-state index in [-0.39, 0.29) is 33.5 Å². The molecule has 8 aliphatic rings. The Bertz CT molecular complexity index is 699. The molecule has 8 fully saturated rings. The first-order chi connectivity index (χ1) is 12.8. The Hall–Kier alpha value is -1.06. The van der Waals surface area contributed by atoms with E-state index in [2.05, 4.69) is 0 Å². The molecule has 0 aromatic rings. The van der Waals surface area contributed by atoms with E-state index in [1.165, 1.54) is 38.5 Å². The maximum atomic E-state index is 12.9. The monoisotopic (exact) mass is 371 g/mol. The molecular weight excluding hydrogens is 338 g/mol. The number of hydrogen-bond acceptors (Lipinski definition) is 3. The highest BCUT2D eigenvalue weighted by molar-refractivity contribution is 5.81. The van der Waals surface area contributed by atoms with Gasteiger partial charge >= 0.3 is 5.97 Å². The van der Waals surface area contributed by atoms with Crippen LogP contribution in [0, 0.1) is 45.3 Å². The smallest absolute Gasteiger partial charge is 0.311 e. The summed E-state index contributed by atoms with van der Waals surface area (Å²) >= 11 is 0. The minimum absolute atomic E-state index is 0.0339. The molecular formula is C23H33NO3. The Morgan fingerprint density at radius 2 is 1.15 bits per heavy atom. The molecule has 8 rings (SSSR count). The van der Waals surface area contributed by atoms with Gasteiger partial charge in [-0.3, -0.25) is 9.59 Å². The van der Waals surface area contributed by atoms with E-state index in [0.29, 0.717) is 23.7 Å². The van der Waals surface area contributed by atoms with Crippen LogP contribution in [0.15, 0.2) is 0 Å². The lowest BCUT2D eigenvalue weighted by Gasteiger charge is -2.73. The van der Waals surface area contributed by atoms with Crippen LogP contribution in [0.5, 0.6) is 0 Å². The summed E-state index contributed by atoms with van der Waals surface area (Å²) in [6.07, 6.45) is 14.0. The van der Waals surface area contributed by atoms with Gasteiger partial charge < -0.3 is 10.5 Å². The van der Waals surface area contributed by atoms with Crippen molar-refractivity contribution >= 4 is 11.9 Å². The average Bonchev–Trinajstić information content (AvgIpc) is 2.58. The Labute approximate surface area is 162 Å². The predicted octanol–water partition coefficient (Wildman–Crippen LogP) is 3.82. The van der Waals surface area contributed by atoms with E-state index in [0.717, 1.165) is 38.5 Å². The number of methoxy groups -OCH3 is 1. The zero-order chi connectivity index (χ0) is 18.7. The predicted molar refractivity (Wildman–Crippen MR) is 100 cm³/mol. The highest BCUT2D eigenvalue weighted by atomic mass is 16.5. The van der Waals surface area contributed by atoms with Gasteiger partial charge in [-0.05, 0) is 112 Å². The van der Waals surface area contributed by atoms with Gasteiger partial charge in [0.1, 0.15) is 0 Å². The van der Waals surface area contributed by atoms with Crippen molar-refractivity contribution in [1.82, 2.24) is 0 Å². The highest BCUT2D eigenvalue weighted by Crippen LogP contribution is 2.78. The van der Waals surface area contributed by atoms with E-state index >= 15 is 0 Å². The lowest BCUT2D eigenvalue weighted by molar-refractivity contribution is -0.239. The van der Waals surface area contributed by atoms with Crippen molar-refractivity contribution in [1.29, 1.82) is 0 Å². The second-order valence-corrected chi connectivity index (χ2v) is 11.9. The van der Waals surface area contributed by atoms with Crippen molar-refractivity contribution in [2.45, 2.75) is 77.0 Å². The molecule has 0 spiro atoms. The van der Waals surface area contributed by atoms with Crippen LogP contribution in [-0.4, -0.2) is 19.0 Å². The zero-order valence-corrected chi connectivity index (χ0v) is 16.6. The molecule has 148 valence electrons. The van der Waals surface area contributed by atoms with Gasteiger partial charge in [0.25, 0.3) is 0 Å². The lowest BCUT2D eigenvalue weighted by atomic mass is 9.31. The number of hydrogen-bond donors (Lipinski definition) is 1. The van der Waals surface area contributed by atoms with Crippen LogP contribution in [0.25, 0.3) is 0 Å². The molecule has 0 aliphatic heterocycles. The van der Waals surface area contributed by atoms with E-state index in [1.54, 1.807) is 7.11 Å². The van der Waals surface area contributed by atoms with Crippen molar-refractivity contribution in [2.75, 3.05) is 7.11 Å². The third-order valence-corrected chi connectivity index (χ3v) is 10.4. The van der Waals surface area contributed by atoms with Crippen LogP contribution in [0.3, 0.4) is 0 Å². The number of carbonyl (C=O) groups excluding carboxylic acids is 2. The first-order valence-electron chi connectivity index (χ1n) is 11.2. The fraction of sp³-hybridized carbons (Fsp3) is 0.913. The van der Waals surface area contributed by atoms with Gasteiger partial charge in [-0.1, -0.05) is 0 Å². The van der Waals surface area contributed by atoms with E-state index < -0.39 is 0 Å². The zero-order valence-electron chi connectivity index (χ0n) is 16.6. The Morgan fingerprint density at radius 3 is 1.56 bits per heavy atom. The van der Waals surface area contributed by atoms with Crippen molar-refractivity contribution in [2.24, 2.45) is 51.1 Å². The SMILES string of the molecule is COC(=O)C12CC3CC(C1)CC(C14CC5CC(CC(C(N)=O)(C5)C1)C4)(C3)C2. The number of ether oxygens (including phenoxy) is 1. The van der Waals surface area contributed by atoms with Gasteiger partial charge in [-0.2, -0.15) is 0 Å². The largest absolute Gasteiger partial charge is 0.469 e. The second kappa shape index (κ2) is 4.91. The Morgan fingerprint density at radius 1 is 0.741 bits per heavy atom. The maximum Gasteiger partial charge on any atom is 0.311 e. The van der Waals surface area contributed by atoms with Gasteiger partial charge in [-0.25, -0.2) is 0 Å². The van der Waals surface area contributed by atoms with Crippen LogP contribution in [0.4, 0.5) is 0 Å². The molecule has 8 bridgehead atoms. The summed E-state index contributed by atoms with van der Waals surface area (Å²) in [6, 6.07) is 0. The van der Waals surface area contributed by atoms with Gasteiger partial charge in [0.15, 0.2) is 0 Å².